The molecule has 0 saturated carbocycles. The van der Waals surface area contributed by atoms with Crippen LogP contribution in [0.1, 0.15) is 11.1 Å². The van der Waals surface area contributed by atoms with Crippen molar-refractivity contribution in [1.29, 1.82) is 0 Å². The first-order valence-electron chi connectivity index (χ1n) is 6.35. The Morgan fingerprint density at radius 1 is 1.10 bits per heavy atom. The van der Waals surface area contributed by atoms with E-state index in [0.29, 0.717) is 17.9 Å². The number of nitrogens with one attached hydrogen (secondary N) is 1. The van der Waals surface area contributed by atoms with E-state index in [1.165, 1.54) is 12.1 Å². The van der Waals surface area contributed by atoms with Gasteiger partial charge in [-0.1, -0.05) is 24.3 Å². The average Bonchev–Trinajstić information content (AvgIpc) is 2.47. The molecular weight excluding hydrogens is 290 g/mol. The van der Waals surface area contributed by atoms with Gasteiger partial charge in [0.15, 0.2) is 0 Å². The molecule has 2 N–H and O–H groups in total. The molecule has 0 atom stereocenters. The highest BCUT2D eigenvalue weighted by Crippen LogP contribution is 2.18. The van der Waals surface area contributed by atoms with Gasteiger partial charge in [-0.15, -0.1) is 0 Å². The Morgan fingerprint density at radius 3 is 2.43 bits per heavy atom. The molecule has 0 saturated heterocycles. The first-order valence-corrected chi connectivity index (χ1v) is 7.84. The van der Waals surface area contributed by atoms with Gasteiger partial charge in [0.1, 0.15) is 0 Å². The topological polar surface area (TPSA) is 75.6 Å². The van der Waals surface area contributed by atoms with E-state index in [1.807, 2.05) is 6.07 Å². The number of hydrogen-bond acceptors (Lipinski definition) is 4. The van der Waals surface area contributed by atoms with E-state index >= 15 is 0 Å². The Hall–Kier alpha value is -1.89. The lowest BCUT2D eigenvalue weighted by molar-refractivity contribution is 0.185. The first kappa shape index (κ1) is 15.5. The molecule has 0 aliphatic rings. The fourth-order valence-electron chi connectivity index (χ4n) is 1.88. The number of aliphatic hydroxyl groups is 1. The molecule has 0 unspecified atom stereocenters. The lowest BCUT2D eigenvalue weighted by atomic mass is 10.2. The molecule has 21 heavy (non-hydrogen) atoms. The van der Waals surface area contributed by atoms with Gasteiger partial charge in [-0.25, -0.2) is 8.42 Å². The second-order valence-corrected chi connectivity index (χ2v) is 6.22. The van der Waals surface area contributed by atoms with Gasteiger partial charge < -0.3 is 9.84 Å². The molecule has 6 heteroatoms. The van der Waals surface area contributed by atoms with E-state index in [2.05, 4.69) is 4.72 Å². The number of aliphatic hydroxyl groups excluding tert-OH is 1. The summed E-state index contributed by atoms with van der Waals surface area (Å²) in [6, 6.07) is 13.1. The largest absolute Gasteiger partial charge is 0.392 e. The number of rotatable bonds is 6. The van der Waals surface area contributed by atoms with E-state index in [4.69, 9.17) is 9.84 Å². The van der Waals surface area contributed by atoms with Gasteiger partial charge in [0.25, 0.3) is 10.0 Å². The third kappa shape index (κ3) is 4.04. The third-order valence-electron chi connectivity index (χ3n) is 2.91. The molecule has 0 spiro atoms. The number of benzene rings is 2. The fraction of sp³-hybridized carbons (Fsp3) is 0.200. The average molecular weight is 307 g/mol. The van der Waals surface area contributed by atoms with E-state index in [1.54, 1.807) is 37.4 Å². The summed E-state index contributed by atoms with van der Waals surface area (Å²) >= 11 is 0. The second-order valence-electron chi connectivity index (χ2n) is 4.54. The Labute approximate surface area is 124 Å². The van der Waals surface area contributed by atoms with Crippen LogP contribution < -0.4 is 4.72 Å². The molecule has 0 heterocycles. The van der Waals surface area contributed by atoms with Crippen LogP contribution in [0.15, 0.2) is 53.4 Å². The highest BCUT2D eigenvalue weighted by Gasteiger charge is 2.14. The van der Waals surface area contributed by atoms with Crippen LogP contribution in [0.2, 0.25) is 0 Å². The van der Waals surface area contributed by atoms with Crippen molar-refractivity contribution in [2.45, 2.75) is 18.1 Å². The van der Waals surface area contributed by atoms with Gasteiger partial charge >= 0.3 is 0 Å². The zero-order chi connectivity index (χ0) is 15.3. The van der Waals surface area contributed by atoms with E-state index in [9.17, 15) is 8.42 Å². The van der Waals surface area contributed by atoms with Crippen molar-refractivity contribution >= 4 is 15.7 Å². The summed E-state index contributed by atoms with van der Waals surface area (Å²) in [4.78, 5) is 0.150. The molecular formula is C15H17NO4S. The van der Waals surface area contributed by atoms with Crippen LogP contribution in [0.25, 0.3) is 0 Å². The summed E-state index contributed by atoms with van der Waals surface area (Å²) in [6.45, 7) is 0.299. The smallest absolute Gasteiger partial charge is 0.261 e. The van der Waals surface area contributed by atoms with Crippen LogP contribution in [0.5, 0.6) is 0 Å². The van der Waals surface area contributed by atoms with Crippen LogP contribution >= 0.6 is 0 Å². The monoisotopic (exact) mass is 307 g/mol. The molecule has 0 amide bonds. The highest BCUT2D eigenvalue weighted by molar-refractivity contribution is 7.92. The molecule has 0 radical (unpaired) electrons. The molecule has 0 bridgehead atoms. The summed E-state index contributed by atoms with van der Waals surface area (Å²) < 4.78 is 32.1. The zero-order valence-electron chi connectivity index (χ0n) is 11.6. The van der Waals surface area contributed by atoms with Gasteiger partial charge in [-0.05, 0) is 35.4 Å². The molecule has 0 fully saturated rings. The van der Waals surface area contributed by atoms with Crippen LogP contribution in [0.4, 0.5) is 5.69 Å². The van der Waals surface area contributed by atoms with Crippen LogP contribution in [0, 0.1) is 0 Å². The van der Waals surface area contributed by atoms with E-state index in [0.717, 1.165) is 5.56 Å². The van der Waals surface area contributed by atoms with Gasteiger partial charge in [0.05, 0.1) is 18.1 Å². The zero-order valence-corrected chi connectivity index (χ0v) is 12.4. The molecule has 0 aliphatic heterocycles. The molecule has 0 aromatic heterocycles. The lowest BCUT2D eigenvalue weighted by Gasteiger charge is -2.10. The summed E-state index contributed by atoms with van der Waals surface area (Å²) in [5.41, 5.74) is 2.03. The summed E-state index contributed by atoms with van der Waals surface area (Å²) in [6.07, 6.45) is 0. The van der Waals surface area contributed by atoms with Crippen molar-refractivity contribution in [2.75, 3.05) is 11.8 Å². The van der Waals surface area contributed by atoms with Gasteiger partial charge in [0, 0.05) is 12.8 Å². The summed E-state index contributed by atoms with van der Waals surface area (Å²) in [7, 11) is -2.06. The summed E-state index contributed by atoms with van der Waals surface area (Å²) in [5.74, 6) is 0. The van der Waals surface area contributed by atoms with Crippen molar-refractivity contribution in [2.24, 2.45) is 0 Å². The minimum atomic E-state index is -3.64. The molecule has 2 aromatic carbocycles. The van der Waals surface area contributed by atoms with E-state index < -0.39 is 10.0 Å². The standard InChI is InChI=1S/C15H17NO4S/c1-20-11-13-3-2-4-14(9-13)16-21(18,19)15-7-5-12(10-17)6-8-15/h2-9,16-17H,10-11H2,1H3. The van der Waals surface area contributed by atoms with Crippen molar-refractivity contribution in [3.8, 4) is 0 Å². The Bertz CT molecular complexity index is 696. The van der Waals surface area contributed by atoms with Crippen molar-refractivity contribution in [3.05, 3.63) is 59.7 Å². The molecule has 2 aromatic rings. The highest BCUT2D eigenvalue weighted by atomic mass is 32.2. The Morgan fingerprint density at radius 2 is 1.81 bits per heavy atom. The van der Waals surface area contributed by atoms with Crippen molar-refractivity contribution in [1.82, 2.24) is 0 Å². The summed E-state index contributed by atoms with van der Waals surface area (Å²) in [5, 5.41) is 8.97. The lowest BCUT2D eigenvalue weighted by Crippen LogP contribution is -2.13. The molecule has 0 aliphatic carbocycles. The van der Waals surface area contributed by atoms with Crippen LogP contribution in [-0.2, 0) is 28.0 Å². The Kier molecular flexibility index (Phi) is 4.95. The minimum Gasteiger partial charge on any atom is -0.392 e. The van der Waals surface area contributed by atoms with Gasteiger partial charge in [-0.3, -0.25) is 4.72 Å². The predicted molar refractivity (Wildman–Crippen MR) is 80.3 cm³/mol. The maximum absolute atomic E-state index is 12.3. The number of hydrogen-bond donors (Lipinski definition) is 2. The van der Waals surface area contributed by atoms with Crippen molar-refractivity contribution < 1.29 is 18.3 Å². The SMILES string of the molecule is COCc1cccc(NS(=O)(=O)c2ccc(CO)cc2)c1. The quantitative estimate of drug-likeness (QED) is 0.857. The van der Waals surface area contributed by atoms with E-state index in [-0.39, 0.29) is 11.5 Å². The Balaban J connectivity index is 2.21. The van der Waals surface area contributed by atoms with Gasteiger partial charge in [-0.2, -0.15) is 0 Å². The third-order valence-corrected chi connectivity index (χ3v) is 4.30. The molecule has 5 nitrogen and oxygen atoms in total. The predicted octanol–water partition coefficient (Wildman–Crippen LogP) is 2.13. The maximum Gasteiger partial charge on any atom is 0.261 e. The second kappa shape index (κ2) is 6.71. The van der Waals surface area contributed by atoms with Crippen LogP contribution in [0.3, 0.4) is 0 Å². The first-order chi connectivity index (χ1) is 10.0. The molecule has 2 rings (SSSR count). The number of anilines is 1. The normalized spacial score (nSPS) is 11.3. The maximum atomic E-state index is 12.3. The molecule has 112 valence electrons. The minimum absolute atomic E-state index is 0.118. The van der Waals surface area contributed by atoms with Crippen LogP contribution in [-0.4, -0.2) is 20.6 Å². The number of sulfonamides is 1. The van der Waals surface area contributed by atoms with Crippen molar-refractivity contribution in [3.63, 3.8) is 0 Å². The fourth-order valence-corrected chi connectivity index (χ4v) is 2.93. The van der Waals surface area contributed by atoms with Gasteiger partial charge in [0.2, 0.25) is 0 Å². The number of methoxy groups -OCH3 is 1. The number of ether oxygens (including phenoxy) is 1.